The van der Waals surface area contributed by atoms with Crippen LogP contribution < -0.4 is 11.1 Å². The third-order valence-electron chi connectivity index (χ3n) is 5.58. The van der Waals surface area contributed by atoms with Crippen LogP contribution in [0.5, 0.6) is 0 Å². The van der Waals surface area contributed by atoms with E-state index in [1.807, 2.05) is 41.5 Å². The van der Waals surface area contributed by atoms with Crippen LogP contribution in [0.4, 0.5) is 0 Å². The van der Waals surface area contributed by atoms with Gasteiger partial charge in [0.25, 0.3) is 0 Å². The highest BCUT2D eigenvalue weighted by molar-refractivity contribution is 6.62. The van der Waals surface area contributed by atoms with Gasteiger partial charge in [-0.3, -0.25) is 14.4 Å². The average molecular weight is 537 g/mol. The fraction of sp³-hybridized carbons (Fsp3) is 0.880. The van der Waals surface area contributed by atoms with Crippen molar-refractivity contribution < 1.29 is 37.1 Å². The molecule has 1 saturated heterocycles. The lowest BCUT2D eigenvalue weighted by Crippen LogP contribution is -2.49. The Labute approximate surface area is 219 Å². The summed E-state index contributed by atoms with van der Waals surface area (Å²) in [7, 11) is -2.40. The first kappa shape index (κ1) is 36.6. The fourth-order valence-corrected chi connectivity index (χ4v) is 5.40. The Morgan fingerprint density at radius 3 is 1.69 bits per heavy atom. The van der Waals surface area contributed by atoms with E-state index in [1.54, 1.807) is 6.92 Å². The van der Waals surface area contributed by atoms with Crippen molar-refractivity contribution in [3.05, 3.63) is 0 Å². The lowest BCUT2D eigenvalue weighted by atomic mass is 10.1. The largest absolute Gasteiger partial charge is 0.503 e. The van der Waals surface area contributed by atoms with Crippen molar-refractivity contribution in [1.29, 1.82) is 0 Å². The number of nitrogens with two attached hydrogens (primary N) is 1. The van der Waals surface area contributed by atoms with Crippen LogP contribution in [-0.4, -0.2) is 72.3 Å². The van der Waals surface area contributed by atoms with E-state index in [4.69, 9.17) is 28.5 Å². The molecule has 4 unspecified atom stereocenters. The smallest absolute Gasteiger partial charge is 0.463 e. The van der Waals surface area contributed by atoms with Gasteiger partial charge < -0.3 is 33.8 Å². The van der Waals surface area contributed by atoms with Gasteiger partial charge in [-0.15, -0.1) is 0 Å². The van der Waals surface area contributed by atoms with Crippen LogP contribution in [0.25, 0.3) is 0 Å². The van der Waals surface area contributed by atoms with E-state index >= 15 is 0 Å². The summed E-state index contributed by atoms with van der Waals surface area (Å²) < 4.78 is 27.1. The molecule has 1 aliphatic heterocycles. The molecular weight excluding hydrogens is 484 g/mol. The maximum atomic E-state index is 11.0. The minimum Gasteiger partial charge on any atom is -0.463 e. The number of rotatable bonds is 16. The van der Waals surface area contributed by atoms with Gasteiger partial charge >= 0.3 is 14.8 Å². The van der Waals surface area contributed by atoms with Crippen molar-refractivity contribution >= 4 is 26.6 Å². The second-order valence-electron chi connectivity index (χ2n) is 8.60. The SMILES string of the molecule is CCC(C)C(=O)NCC(N)=O.CCC(C)C(=O)OCC1CO1.CCO[Si](OCC)(OCC)C(C)CC. The number of carbonyl (C=O) groups excluding carboxylic acids is 3. The number of epoxide rings is 1. The van der Waals surface area contributed by atoms with Crippen molar-refractivity contribution in [2.75, 3.05) is 39.6 Å². The number of hydrogen-bond donors (Lipinski definition) is 2. The van der Waals surface area contributed by atoms with Crippen LogP contribution in [0.3, 0.4) is 0 Å². The van der Waals surface area contributed by atoms with Gasteiger partial charge in [0.15, 0.2) is 0 Å². The number of ether oxygens (including phenoxy) is 2. The Morgan fingerprint density at radius 2 is 1.36 bits per heavy atom. The number of nitrogens with one attached hydrogen (secondary N) is 1. The molecule has 11 heteroatoms. The zero-order valence-corrected chi connectivity index (χ0v) is 25.0. The summed E-state index contributed by atoms with van der Waals surface area (Å²) in [6.45, 7) is 20.9. The Bertz CT molecular complexity index is 588. The maximum Gasteiger partial charge on any atom is 0.503 e. The van der Waals surface area contributed by atoms with Crippen molar-refractivity contribution in [2.45, 2.75) is 93.2 Å². The van der Waals surface area contributed by atoms with E-state index in [2.05, 4.69) is 19.2 Å². The second kappa shape index (κ2) is 21.5. The van der Waals surface area contributed by atoms with Crippen LogP contribution in [0.15, 0.2) is 0 Å². The number of hydrogen-bond acceptors (Lipinski definition) is 8. The standard InChI is InChI=1S/C10H24O3Si.C8H14O3.C7H14N2O2/c1-6-10(5)14(11-7-2,12-8-3)13-9-4;1-3-6(2)8(9)11-5-7-4-10-7;1-3-5(2)7(11)9-4-6(8)10/h10H,6-9H2,1-5H3;6-7H,3-5H2,1-2H3;5H,3-4H2,1-2H3,(H2,8,10)(H,9,11). The molecule has 1 fully saturated rings. The molecule has 0 bridgehead atoms. The first-order valence-corrected chi connectivity index (χ1v) is 15.0. The predicted molar refractivity (Wildman–Crippen MR) is 142 cm³/mol. The number of primary amides is 1. The molecule has 3 N–H and O–H groups in total. The van der Waals surface area contributed by atoms with E-state index in [0.717, 1.165) is 25.9 Å². The van der Waals surface area contributed by atoms with Gasteiger partial charge in [-0.1, -0.05) is 41.5 Å². The van der Waals surface area contributed by atoms with E-state index in [9.17, 15) is 14.4 Å². The summed E-state index contributed by atoms with van der Waals surface area (Å²) in [5.74, 6) is -0.765. The first-order valence-electron chi connectivity index (χ1n) is 13.2. The molecule has 0 spiro atoms. The molecule has 4 atom stereocenters. The summed E-state index contributed by atoms with van der Waals surface area (Å²) >= 11 is 0. The molecule has 1 heterocycles. The Kier molecular flexibility index (Phi) is 21.9. The molecule has 1 rings (SSSR count). The van der Waals surface area contributed by atoms with Crippen LogP contribution in [0.2, 0.25) is 5.54 Å². The lowest BCUT2D eigenvalue weighted by molar-refractivity contribution is -0.148. The van der Waals surface area contributed by atoms with Gasteiger partial charge in [-0.05, 0) is 40.0 Å². The minimum absolute atomic E-state index is 0.0220. The summed E-state index contributed by atoms with van der Waals surface area (Å²) in [6.07, 6.45) is 2.82. The lowest BCUT2D eigenvalue weighted by Gasteiger charge is -2.32. The van der Waals surface area contributed by atoms with Gasteiger partial charge in [0.05, 0.1) is 19.1 Å². The second-order valence-corrected chi connectivity index (χ2v) is 11.7. The summed E-state index contributed by atoms with van der Waals surface area (Å²) in [6, 6.07) is 0. The Balaban J connectivity index is 0. The molecule has 0 aromatic rings. The van der Waals surface area contributed by atoms with E-state index < -0.39 is 14.7 Å². The number of carbonyl (C=O) groups is 3. The van der Waals surface area contributed by atoms with Crippen molar-refractivity contribution in [3.63, 3.8) is 0 Å². The van der Waals surface area contributed by atoms with Crippen LogP contribution in [0.1, 0.15) is 81.6 Å². The predicted octanol–water partition coefficient (Wildman–Crippen LogP) is 3.44. The van der Waals surface area contributed by atoms with Gasteiger partial charge in [-0.2, -0.15) is 0 Å². The van der Waals surface area contributed by atoms with E-state index in [0.29, 0.717) is 32.0 Å². The third kappa shape index (κ3) is 17.0. The molecule has 10 nitrogen and oxygen atoms in total. The number of amides is 2. The molecule has 0 saturated carbocycles. The quantitative estimate of drug-likeness (QED) is 0.174. The Hall–Kier alpha value is -1.53. The summed E-state index contributed by atoms with van der Waals surface area (Å²) in [4.78, 5) is 32.2. The topological polar surface area (TPSA) is 139 Å². The molecule has 1 aliphatic rings. The molecule has 36 heavy (non-hydrogen) atoms. The van der Waals surface area contributed by atoms with Gasteiger partial charge in [0, 0.05) is 31.3 Å². The van der Waals surface area contributed by atoms with Crippen LogP contribution in [-0.2, 0) is 37.1 Å². The zero-order chi connectivity index (χ0) is 28.1. The molecule has 2 amide bonds. The fourth-order valence-electron chi connectivity index (χ4n) is 2.59. The van der Waals surface area contributed by atoms with E-state index in [1.165, 1.54) is 0 Å². The molecular formula is C25H52N2O8Si. The van der Waals surface area contributed by atoms with Crippen molar-refractivity contribution in [2.24, 2.45) is 17.6 Å². The zero-order valence-electron chi connectivity index (χ0n) is 24.0. The van der Waals surface area contributed by atoms with Crippen LogP contribution >= 0.6 is 0 Å². The van der Waals surface area contributed by atoms with Crippen molar-refractivity contribution in [3.8, 4) is 0 Å². The highest BCUT2D eigenvalue weighted by Gasteiger charge is 2.45. The van der Waals surface area contributed by atoms with Crippen molar-refractivity contribution in [1.82, 2.24) is 5.32 Å². The molecule has 0 aromatic carbocycles. The highest BCUT2D eigenvalue weighted by Crippen LogP contribution is 2.28. The number of esters is 1. The third-order valence-corrected chi connectivity index (χ3v) is 9.27. The summed E-state index contributed by atoms with van der Waals surface area (Å²) in [5, 5.41) is 2.42. The average Bonchev–Trinajstić information content (AvgIpc) is 3.70. The van der Waals surface area contributed by atoms with Crippen LogP contribution in [0, 0.1) is 11.8 Å². The Morgan fingerprint density at radius 1 is 0.889 bits per heavy atom. The van der Waals surface area contributed by atoms with Gasteiger partial charge in [0.2, 0.25) is 11.8 Å². The van der Waals surface area contributed by atoms with E-state index in [-0.39, 0.29) is 36.4 Å². The molecule has 0 aliphatic carbocycles. The first-order chi connectivity index (χ1) is 17.0. The molecule has 214 valence electrons. The summed E-state index contributed by atoms with van der Waals surface area (Å²) in [5.41, 5.74) is 5.21. The molecule has 0 radical (unpaired) electrons. The van der Waals surface area contributed by atoms with Gasteiger partial charge in [-0.25, -0.2) is 0 Å². The minimum atomic E-state index is -2.40. The van der Waals surface area contributed by atoms with Gasteiger partial charge in [0.1, 0.15) is 12.7 Å². The maximum absolute atomic E-state index is 11.0. The molecule has 0 aromatic heterocycles. The highest BCUT2D eigenvalue weighted by atomic mass is 28.4. The monoisotopic (exact) mass is 536 g/mol. The normalized spacial score (nSPS) is 16.8.